The van der Waals surface area contributed by atoms with Crippen LogP contribution in [0.15, 0.2) is 17.1 Å². The first-order valence-corrected chi connectivity index (χ1v) is 9.68. The molecule has 1 aliphatic carbocycles. The van der Waals surface area contributed by atoms with Crippen LogP contribution in [0.2, 0.25) is 0 Å². The van der Waals surface area contributed by atoms with Gasteiger partial charge in [-0.15, -0.1) is 0 Å². The number of fused-ring (bicyclic) bond motifs is 3. The maximum atomic E-state index is 15.3. The zero-order valence-corrected chi connectivity index (χ0v) is 15.0. The van der Waals surface area contributed by atoms with Crippen LogP contribution < -0.4 is 15.6 Å². The molecule has 1 saturated heterocycles. The number of hydrogen-bond donors (Lipinski definition) is 2. The van der Waals surface area contributed by atoms with Crippen molar-refractivity contribution >= 4 is 22.6 Å². The van der Waals surface area contributed by atoms with E-state index in [-0.39, 0.29) is 22.9 Å². The molecular weight excluding hydrogens is 349 g/mol. The van der Waals surface area contributed by atoms with Gasteiger partial charge in [-0.25, -0.2) is 9.18 Å². The Labute approximate surface area is 155 Å². The van der Waals surface area contributed by atoms with Crippen LogP contribution in [0, 0.1) is 5.82 Å². The minimum atomic E-state index is -1.25. The van der Waals surface area contributed by atoms with E-state index in [1.807, 2.05) is 4.57 Å². The second-order valence-electron chi connectivity index (χ2n) is 7.80. The summed E-state index contributed by atoms with van der Waals surface area (Å²) in [6.07, 6.45) is 5.51. The van der Waals surface area contributed by atoms with Crippen LogP contribution in [0.3, 0.4) is 0 Å². The summed E-state index contributed by atoms with van der Waals surface area (Å²) in [5, 5.41) is 13.0. The fourth-order valence-corrected chi connectivity index (χ4v) is 5.26. The van der Waals surface area contributed by atoms with Crippen LogP contribution in [0.25, 0.3) is 10.9 Å². The van der Waals surface area contributed by atoms with Gasteiger partial charge in [0.1, 0.15) is 11.4 Å². The number of pyridine rings is 1. The Hall–Kier alpha value is -2.41. The number of hydrogen-bond acceptors (Lipinski definition) is 4. The number of nitrogens with zero attached hydrogens (tertiary/aromatic N) is 2. The predicted molar refractivity (Wildman–Crippen MR) is 100 cm³/mol. The highest BCUT2D eigenvalue weighted by molar-refractivity contribution is 5.96. The van der Waals surface area contributed by atoms with Gasteiger partial charge < -0.3 is 19.9 Å². The third-order valence-corrected chi connectivity index (χ3v) is 6.40. The van der Waals surface area contributed by atoms with Gasteiger partial charge in [0.25, 0.3) is 0 Å². The highest BCUT2D eigenvalue weighted by atomic mass is 19.1. The molecule has 2 fully saturated rings. The minimum Gasteiger partial charge on any atom is -0.477 e. The molecule has 0 amide bonds. The topological polar surface area (TPSA) is 74.6 Å². The SMILES string of the molecule is O=C(O)c1cn2c3c(c(N4CCNCC4)c(F)cc3c1=O)C1CCCCC12. The molecule has 2 aromatic rings. The summed E-state index contributed by atoms with van der Waals surface area (Å²) in [7, 11) is 0. The predicted octanol–water partition coefficient (Wildman–Crippen LogP) is 2.46. The van der Waals surface area contributed by atoms with Gasteiger partial charge in [0.05, 0.1) is 11.2 Å². The van der Waals surface area contributed by atoms with Gasteiger partial charge in [-0.1, -0.05) is 12.8 Å². The van der Waals surface area contributed by atoms with Crippen molar-refractivity contribution in [1.29, 1.82) is 0 Å². The summed E-state index contributed by atoms with van der Waals surface area (Å²) in [4.78, 5) is 26.4. The lowest BCUT2D eigenvalue weighted by atomic mass is 9.81. The van der Waals surface area contributed by atoms with Gasteiger partial charge in [0.2, 0.25) is 5.43 Å². The van der Waals surface area contributed by atoms with Gasteiger partial charge in [-0.2, -0.15) is 0 Å². The van der Waals surface area contributed by atoms with E-state index < -0.39 is 17.2 Å². The van der Waals surface area contributed by atoms with Crippen LogP contribution in [0.1, 0.15) is 53.6 Å². The lowest BCUT2D eigenvalue weighted by molar-refractivity contribution is 0.0694. The fourth-order valence-electron chi connectivity index (χ4n) is 5.26. The van der Waals surface area contributed by atoms with E-state index in [9.17, 15) is 14.7 Å². The maximum absolute atomic E-state index is 15.3. The van der Waals surface area contributed by atoms with Crippen molar-refractivity contribution in [3.8, 4) is 0 Å². The van der Waals surface area contributed by atoms with Crippen LogP contribution >= 0.6 is 0 Å². The quantitative estimate of drug-likeness (QED) is 0.848. The Morgan fingerprint density at radius 3 is 2.70 bits per heavy atom. The number of carbonyl (C=O) groups is 1. The number of aromatic carboxylic acids is 1. The van der Waals surface area contributed by atoms with Crippen molar-refractivity contribution in [3.63, 3.8) is 0 Å². The first kappa shape index (κ1) is 16.7. The Kier molecular flexibility index (Phi) is 3.75. The van der Waals surface area contributed by atoms with Crippen LogP contribution in [-0.2, 0) is 0 Å². The van der Waals surface area contributed by atoms with E-state index in [2.05, 4.69) is 10.2 Å². The average Bonchev–Trinajstić information content (AvgIpc) is 3.00. The largest absolute Gasteiger partial charge is 0.477 e. The highest BCUT2D eigenvalue weighted by Crippen LogP contribution is 2.52. The average molecular weight is 371 g/mol. The second kappa shape index (κ2) is 6.05. The molecule has 2 unspecified atom stereocenters. The lowest BCUT2D eigenvalue weighted by Gasteiger charge is -2.33. The number of nitrogens with one attached hydrogen (secondary N) is 1. The summed E-state index contributed by atoms with van der Waals surface area (Å²) in [5.74, 6) is -1.51. The van der Waals surface area contributed by atoms with E-state index in [0.717, 1.165) is 62.9 Å². The number of piperazine rings is 1. The molecule has 5 rings (SSSR count). The van der Waals surface area contributed by atoms with Gasteiger partial charge in [0, 0.05) is 55.3 Å². The van der Waals surface area contributed by atoms with E-state index >= 15 is 4.39 Å². The third kappa shape index (κ3) is 2.34. The number of aromatic nitrogens is 1. The number of rotatable bonds is 2. The van der Waals surface area contributed by atoms with Crippen molar-refractivity contribution in [1.82, 2.24) is 9.88 Å². The minimum absolute atomic E-state index is 0.110. The molecule has 2 aliphatic heterocycles. The van der Waals surface area contributed by atoms with Crippen molar-refractivity contribution in [2.24, 2.45) is 0 Å². The maximum Gasteiger partial charge on any atom is 0.341 e. The Bertz CT molecular complexity index is 1010. The molecular formula is C20H22FN3O3. The smallest absolute Gasteiger partial charge is 0.341 e. The third-order valence-electron chi connectivity index (χ3n) is 6.40. The first-order chi connectivity index (χ1) is 13.1. The summed E-state index contributed by atoms with van der Waals surface area (Å²) >= 11 is 0. The second-order valence-corrected chi connectivity index (χ2v) is 7.80. The normalized spacial score (nSPS) is 24.3. The Balaban J connectivity index is 1.84. The summed E-state index contributed by atoms with van der Waals surface area (Å²) in [5.41, 5.74) is 1.44. The molecule has 1 aromatic carbocycles. The van der Waals surface area contributed by atoms with E-state index in [4.69, 9.17) is 0 Å². The molecule has 3 heterocycles. The number of carboxylic acid groups (broad SMARTS) is 1. The molecule has 0 radical (unpaired) electrons. The molecule has 2 N–H and O–H groups in total. The zero-order valence-electron chi connectivity index (χ0n) is 15.0. The van der Waals surface area contributed by atoms with E-state index in [1.165, 1.54) is 12.3 Å². The molecule has 7 heteroatoms. The summed E-state index contributed by atoms with van der Waals surface area (Å²) in [6.45, 7) is 3.06. The monoisotopic (exact) mass is 371 g/mol. The Morgan fingerprint density at radius 1 is 1.22 bits per heavy atom. The van der Waals surface area contributed by atoms with E-state index in [0.29, 0.717) is 5.69 Å². The zero-order chi connectivity index (χ0) is 18.7. The molecule has 142 valence electrons. The standard InChI is InChI=1S/C20H22FN3O3/c21-14-9-12-17-16(18(14)23-7-5-22-6-8-23)11-3-1-2-4-15(11)24(17)10-13(19(12)25)20(26)27/h9-11,15,22H,1-8H2,(H,26,27). The Morgan fingerprint density at radius 2 is 1.96 bits per heavy atom. The van der Waals surface area contributed by atoms with E-state index in [1.54, 1.807) is 0 Å². The molecule has 0 spiro atoms. The number of halogens is 1. The first-order valence-electron chi connectivity index (χ1n) is 9.68. The van der Waals surface area contributed by atoms with Gasteiger partial charge in [-0.3, -0.25) is 4.79 Å². The molecule has 1 aromatic heterocycles. The molecule has 6 nitrogen and oxygen atoms in total. The van der Waals surface area contributed by atoms with Crippen LogP contribution in [-0.4, -0.2) is 41.8 Å². The number of anilines is 1. The van der Waals surface area contributed by atoms with Gasteiger partial charge in [-0.05, 0) is 18.9 Å². The van der Waals surface area contributed by atoms with Gasteiger partial charge in [0.15, 0.2) is 0 Å². The molecule has 1 saturated carbocycles. The highest BCUT2D eigenvalue weighted by Gasteiger charge is 2.40. The number of benzene rings is 1. The summed E-state index contributed by atoms with van der Waals surface area (Å²) in [6, 6.07) is 1.37. The fraction of sp³-hybridized carbons (Fsp3) is 0.500. The van der Waals surface area contributed by atoms with Crippen LogP contribution in [0.4, 0.5) is 10.1 Å². The molecule has 27 heavy (non-hydrogen) atoms. The van der Waals surface area contributed by atoms with Crippen molar-refractivity contribution in [2.75, 3.05) is 31.1 Å². The number of carboxylic acids is 1. The molecule has 0 bridgehead atoms. The van der Waals surface area contributed by atoms with Crippen LogP contribution in [0.5, 0.6) is 0 Å². The lowest BCUT2D eigenvalue weighted by Crippen LogP contribution is -2.44. The summed E-state index contributed by atoms with van der Waals surface area (Å²) < 4.78 is 17.3. The van der Waals surface area contributed by atoms with Crippen molar-refractivity contribution in [3.05, 3.63) is 39.4 Å². The molecule has 2 atom stereocenters. The van der Waals surface area contributed by atoms with Crippen molar-refractivity contribution < 1.29 is 14.3 Å². The molecule has 3 aliphatic rings. The van der Waals surface area contributed by atoms with Gasteiger partial charge >= 0.3 is 5.97 Å². The van der Waals surface area contributed by atoms with Crippen molar-refractivity contribution in [2.45, 2.75) is 37.6 Å².